The van der Waals surface area contributed by atoms with Crippen LogP contribution >= 0.6 is 34.4 Å². The number of thioether (sulfide) groups is 1. The van der Waals surface area contributed by atoms with Gasteiger partial charge in [-0.3, -0.25) is 15.4 Å². The van der Waals surface area contributed by atoms with E-state index in [0.717, 1.165) is 30.9 Å². The smallest absolute Gasteiger partial charge is 0.326 e. The van der Waals surface area contributed by atoms with Crippen molar-refractivity contribution in [1.29, 1.82) is 0 Å². The molecule has 10 heteroatoms. The van der Waals surface area contributed by atoms with E-state index in [9.17, 15) is 9.59 Å². The number of aromatic nitrogens is 2. The molecule has 1 aliphatic rings. The maximum Gasteiger partial charge on any atom is 0.326 e. The number of hydrogen-bond acceptors (Lipinski definition) is 7. The van der Waals surface area contributed by atoms with Gasteiger partial charge in [-0.2, -0.15) is 0 Å². The number of likely N-dealkylation sites (tertiary alicyclic amines) is 1. The van der Waals surface area contributed by atoms with Gasteiger partial charge in [0.2, 0.25) is 11.0 Å². The van der Waals surface area contributed by atoms with Crippen molar-refractivity contribution in [2.45, 2.75) is 30.0 Å². The second-order valence-electron chi connectivity index (χ2n) is 5.51. The Labute approximate surface area is 158 Å². The largest absolute Gasteiger partial charge is 0.342 e. The van der Waals surface area contributed by atoms with Crippen molar-refractivity contribution >= 4 is 56.5 Å². The first kappa shape index (κ1) is 18.2. The van der Waals surface area contributed by atoms with E-state index in [4.69, 9.17) is 0 Å². The fourth-order valence-electron chi connectivity index (χ4n) is 2.44. The van der Waals surface area contributed by atoms with Gasteiger partial charge >= 0.3 is 6.03 Å². The van der Waals surface area contributed by atoms with Gasteiger partial charge in [-0.05, 0) is 30.4 Å². The van der Waals surface area contributed by atoms with Gasteiger partial charge < -0.3 is 4.90 Å². The second kappa shape index (κ2) is 9.16. The Morgan fingerprint density at radius 3 is 2.68 bits per heavy atom. The van der Waals surface area contributed by atoms with Crippen LogP contribution in [0.3, 0.4) is 0 Å². The first-order valence-corrected chi connectivity index (χ1v) is 10.7. The molecule has 25 heavy (non-hydrogen) atoms. The van der Waals surface area contributed by atoms with Crippen LogP contribution in [0, 0.1) is 0 Å². The van der Waals surface area contributed by atoms with Gasteiger partial charge in [0.1, 0.15) is 0 Å². The number of amides is 3. The molecule has 0 unspecified atom stereocenters. The van der Waals surface area contributed by atoms with E-state index in [1.165, 1.54) is 47.3 Å². The van der Waals surface area contributed by atoms with Gasteiger partial charge in [0.05, 0.1) is 10.8 Å². The molecule has 3 amide bonds. The summed E-state index contributed by atoms with van der Waals surface area (Å²) in [5.74, 6) is 0.503. The molecule has 134 valence electrons. The van der Waals surface area contributed by atoms with E-state index in [2.05, 4.69) is 20.8 Å². The van der Waals surface area contributed by atoms with Gasteiger partial charge in [0, 0.05) is 13.1 Å². The number of nitrogens with zero attached hydrogens (tertiary/aromatic N) is 3. The molecule has 0 aromatic carbocycles. The molecule has 0 aliphatic carbocycles. The lowest BCUT2D eigenvalue weighted by atomic mass is 10.2. The number of hydrogen-bond donors (Lipinski definition) is 2. The predicted molar refractivity (Wildman–Crippen MR) is 103 cm³/mol. The highest BCUT2D eigenvalue weighted by molar-refractivity contribution is 8.01. The minimum atomic E-state index is -0.351. The number of anilines is 2. The summed E-state index contributed by atoms with van der Waals surface area (Å²) in [5, 5.41) is 16.4. The van der Waals surface area contributed by atoms with Crippen LogP contribution in [0.1, 0.15) is 25.7 Å². The van der Waals surface area contributed by atoms with Crippen molar-refractivity contribution in [2.75, 3.05) is 29.5 Å². The quantitative estimate of drug-likeness (QED) is 0.593. The average Bonchev–Trinajstić information content (AvgIpc) is 3.18. The van der Waals surface area contributed by atoms with Crippen molar-refractivity contribution in [1.82, 2.24) is 15.1 Å². The second-order valence-corrected chi connectivity index (χ2v) is 8.66. The van der Waals surface area contributed by atoms with Crippen LogP contribution in [0.5, 0.6) is 0 Å². The standard InChI is InChI=1S/C15H19N5O2S3/c21-12(20-7-3-1-2-4-8-20)10-24-15-19-18-14(25-15)17-13(22)16-11-6-5-9-23-11/h5-6,9H,1-4,7-8,10H2,(H2,16,17,18,22). The molecule has 0 radical (unpaired) electrons. The van der Waals surface area contributed by atoms with E-state index in [0.29, 0.717) is 15.2 Å². The lowest BCUT2D eigenvalue weighted by molar-refractivity contribution is -0.128. The summed E-state index contributed by atoms with van der Waals surface area (Å²) in [7, 11) is 0. The third-order valence-electron chi connectivity index (χ3n) is 3.66. The number of nitrogens with one attached hydrogen (secondary N) is 2. The molecular weight excluding hydrogens is 378 g/mol. The predicted octanol–water partition coefficient (Wildman–Crippen LogP) is 3.74. The van der Waals surface area contributed by atoms with Crippen LogP contribution in [-0.2, 0) is 4.79 Å². The Bertz CT molecular complexity index is 696. The Kier molecular flexibility index (Phi) is 6.65. The highest BCUT2D eigenvalue weighted by Gasteiger charge is 2.17. The van der Waals surface area contributed by atoms with Gasteiger partial charge in [-0.1, -0.05) is 35.9 Å². The highest BCUT2D eigenvalue weighted by atomic mass is 32.2. The number of rotatable bonds is 5. The number of thiophene rings is 1. The van der Waals surface area contributed by atoms with Gasteiger partial charge in [-0.25, -0.2) is 4.79 Å². The van der Waals surface area contributed by atoms with E-state index >= 15 is 0 Å². The summed E-state index contributed by atoms with van der Waals surface area (Å²) >= 11 is 4.08. The number of urea groups is 1. The lowest BCUT2D eigenvalue weighted by Crippen LogP contribution is -2.33. The van der Waals surface area contributed by atoms with Gasteiger partial charge in [0.15, 0.2) is 4.34 Å². The zero-order valence-corrected chi connectivity index (χ0v) is 16.0. The molecule has 2 N–H and O–H groups in total. The molecule has 0 saturated carbocycles. The zero-order chi connectivity index (χ0) is 17.5. The molecule has 7 nitrogen and oxygen atoms in total. The van der Waals surface area contributed by atoms with Crippen LogP contribution in [0.4, 0.5) is 14.9 Å². The van der Waals surface area contributed by atoms with Crippen molar-refractivity contribution in [2.24, 2.45) is 0 Å². The van der Waals surface area contributed by atoms with Crippen molar-refractivity contribution < 1.29 is 9.59 Å². The molecule has 1 fully saturated rings. The first-order chi connectivity index (χ1) is 12.2. The Morgan fingerprint density at radius 1 is 1.16 bits per heavy atom. The van der Waals surface area contributed by atoms with Crippen LogP contribution in [0.25, 0.3) is 0 Å². The summed E-state index contributed by atoms with van der Waals surface area (Å²) < 4.78 is 0.676. The Morgan fingerprint density at radius 2 is 1.96 bits per heavy atom. The van der Waals surface area contributed by atoms with Crippen LogP contribution in [0.2, 0.25) is 0 Å². The highest BCUT2D eigenvalue weighted by Crippen LogP contribution is 2.26. The molecule has 0 bridgehead atoms. The minimum absolute atomic E-state index is 0.145. The van der Waals surface area contributed by atoms with Gasteiger partial charge in [-0.15, -0.1) is 21.5 Å². The topological polar surface area (TPSA) is 87.2 Å². The van der Waals surface area contributed by atoms with Crippen LogP contribution in [0.15, 0.2) is 21.9 Å². The van der Waals surface area contributed by atoms with E-state index in [1.807, 2.05) is 22.4 Å². The fourth-order valence-corrected chi connectivity index (χ4v) is 4.71. The molecule has 3 heterocycles. The molecule has 0 spiro atoms. The van der Waals surface area contributed by atoms with E-state index < -0.39 is 0 Å². The third kappa shape index (κ3) is 5.68. The van der Waals surface area contributed by atoms with E-state index in [1.54, 1.807) is 0 Å². The molecular formula is C15H19N5O2S3. The monoisotopic (exact) mass is 397 g/mol. The minimum Gasteiger partial charge on any atom is -0.342 e. The van der Waals surface area contributed by atoms with Gasteiger partial charge in [0.25, 0.3) is 0 Å². The van der Waals surface area contributed by atoms with Crippen molar-refractivity contribution in [3.05, 3.63) is 17.5 Å². The SMILES string of the molecule is O=C(Nc1cccs1)Nc1nnc(SCC(=O)N2CCCCCC2)s1. The zero-order valence-electron chi connectivity index (χ0n) is 13.6. The first-order valence-electron chi connectivity index (χ1n) is 8.06. The molecule has 2 aromatic heterocycles. The lowest BCUT2D eigenvalue weighted by Gasteiger charge is -2.19. The molecule has 1 saturated heterocycles. The van der Waals surface area contributed by atoms with Crippen molar-refractivity contribution in [3.8, 4) is 0 Å². The summed E-state index contributed by atoms with van der Waals surface area (Å²) in [5.41, 5.74) is 0. The normalized spacial score (nSPS) is 14.8. The molecule has 2 aromatic rings. The fraction of sp³-hybridized carbons (Fsp3) is 0.467. The summed E-state index contributed by atoms with van der Waals surface area (Å²) in [6.45, 7) is 1.70. The molecule has 1 aliphatic heterocycles. The Hall–Kier alpha value is -1.65. The number of carbonyl (C=O) groups is 2. The van der Waals surface area contributed by atoms with Crippen LogP contribution in [-0.4, -0.2) is 45.9 Å². The maximum absolute atomic E-state index is 12.3. The third-order valence-corrected chi connectivity index (χ3v) is 6.40. The van der Waals surface area contributed by atoms with E-state index in [-0.39, 0.29) is 11.9 Å². The summed E-state index contributed by atoms with van der Waals surface area (Å²) in [6, 6.07) is 3.33. The summed E-state index contributed by atoms with van der Waals surface area (Å²) in [6.07, 6.45) is 4.58. The number of carbonyl (C=O) groups excluding carboxylic acids is 2. The Balaban J connectivity index is 1.44. The van der Waals surface area contributed by atoms with Crippen LogP contribution < -0.4 is 10.6 Å². The average molecular weight is 398 g/mol. The molecule has 0 atom stereocenters. The van der Waals surface area contributed by atoms with Crippen molar-refractivity contribution in [3.63, 3.8) is 0 Å². The maximum atomic E-state index is 12.3. The molecule has 3 rings (SSSR count). The summed E-state index contributed by atoms with van der Waals surface area (Å²) in [4.78, 5) is 26.1.